The van der Waals surface area contributed by atoms with Crippen molar-refractivity contribution in [3.63, 3.8) is 0 Å². The summed E-state index contributed by atoms with van der Waals surface area (Å²) in [4.78, 5) is 15.3. The molecule has 0 aromatic heterocycles. The van der Waals surface area contributed by atoms with Crippen LogP contribution >= 0.6 is 11.6 Å². The van der Waals surface area contributed by atoms with E-state index in [-0.39, 0.29) is 17.9 Å². The van der Waals surface area contributed by atoms with Crippen molar-refractivity contribution in [2.24, 2.45) is 11.8 Å². The highest BCUT2D eigenvalue weighted by molar-refractivity contribution is 6.31. The molecule has 3 rings (SSSR count). The van der Waals surface area contributed by atoms with Gasteiger partial charge in [-0.15, -0.1) is 0 Å². The predicted octanol–water partition coefficient (Wildman–Crippen LogP) is 5.46. The molecular weight excluding hydrogens is 368 g/mol. The monoisotopic (exact) mass is 398 g/mol. The Kier molecular flexibility index (Phi) is 7.52. The van der Waals surface area contributed by atoms with E-state index in [1.807, 2.05) is 36.4 Å². The molecule has 1 amide bonds. The molecule has 1 heterocycles. The van der Waals surface area contributed by atoms with Crippen LogP contribution in [0.4, 0.5) is 0 Å². The van der Waals surface area contributed by atoms with Crippen LogP contribution < -0.4 is 5.32 Å². The maximum atomic E-state index is 12.9. The molecule has 28 heavy (non-hydrogen) atoms. The third-order valence-corrected chi connectivity index (χ3v) is 5.90. The van der Waals surface area contributed by atoms with Crippen molar-refractivity contribution in [3.05, 3.63) is 70.7 Å². The minimum atomic E-state index is 0.0925. The topological polar surface area (TPSA) is 32.3 Å². The van der Waals surface area contributed by atoms with Gasteiger partial charge in [0.2, 0.25) is 5.91 Å². The average Bonchev–Trinajstić information content (AvgIpc) is 2.70. The van der Waals surface area contributed by atoms with Gasteiger partial charge in [0.25, 0.3) is 0 Å². The third kappa shape index (κ3) is 5.83. The van der Waals surface area contributed by atoms with Crippen molar-refractivity contribution < 1.29 is 4.79 Å². The number of likely N-dealkylation sites (tertiary alicyclic amines) is 1. The lowest BCUT2D eigenvalue weighted by molar-refractivity contribution is -0.127. The summed E-state index contributed by atoms with van der Waals surface area (Å²) < 4.78 is 0. The lowest BCUT2D eigenvalue weighted by Crippen LogP contribution is -2.41. The summed E-state index contributed by atoms with van der Waals surface area (Å²) in [7, 11) is 0. The van der Waals surface area contributed by atoms with Crippen LogP contribution in [0.15, 0.2) is 54.6 Å². The van der Waals surface area contributed by atoms with Crippen LogP contribution in [-0.2, 0) is 11.3 Å². The fourth-order valence-corrected chi connectivity index (χ4v) is 4.14. The number of carbonyl (C=O) groups is 1. The van der Waals surface area contributed by atoms with Crippen LogP contribution in [-0.4, -0.2) is 23.9 Å². The molecule has 0 aliphatic carbocycles. The molecule has 0 bridgehead atoms. The number of hydrogen-bond acceptors (Lipinski definition) is 2. The molecule has 4 heteroatoms. The normalized spacial score (nSPS) is 16.9. The lowest BCUT2D eigenvalue weighted by Gasteiger charge is -2.32. The summed E-state index contributed by atoms with van der Waals surface area (Å²) in [5.41, 5.74) is 2.36. The first-order valence-electron chi connectivity index (χ1n) is 10.3. The number of nitrogens with one attached hydrogen (secondary N) is 1. The van der Waals surface area contributed by atoms with Crippen LogP contribution in [0.2, 0.25) is 5.02 Å². The van der Waals surface area contributed by atoms with Gasteiger partial charge in [0.15, 0.2) is 0 Å². The largest absolute Gasteiger partial charge is 0.349 e. The maximum absolute atomic E-state index is 12.9. The fourth-order valence-electron chi connectivity index (χ4n) is 3.95. The number of piperidine rings is 1. The number of hydrogen-bond donors (Lipinski definition) is 1. The Morgan fingerprint density at radius 2 is 1.71 bits per heavy atom. The highest BCUT2D eigenvalue weighted by Gasteiger charge is 2.27. The molecule has 3 nitrogen and oxygen atoms in total. The Morgan fingerprint density at radius 1 is 1.07 bits per heavy atom. The molecule has 1 saturated heterocycles. The molecule has 1 atom stereocenters. The Bertz CT molecular complexity index is 754. The molecule has 0 saturated carbocycles. The number of nitrogens with zero attached hydrogens (tertiary/aromatic N) is 1. The molecule has 1 fully saturated rings. The second-order valence-electron chi connectivity index (χ2n) is 8.24. The Labute approximate surface area is 174 Å². The lowest BCUT2D eigenvalue weighted by atomic mass is 9.92. The first-order chi connectivity index (χ1) is 13.5. The minimum absolute atomic E-state index is 0.0925. The number of amides is 1. The molecule has 2 aromatic carbocycles. The van der Waals surface area contributed by atoms with Crippen molar-refractivity contribution in [2.45, 2.75) is 45.7 Å². The molecule has 0 radical (unpaired) electrons. The quantitative estimate of drug-likeness (QED) is 0.672. The molecule has 0 unspecified atom stereocenters. The van der Waals surface area contributed by atoms with Crippen molar-refractivity contribution in [3.8, 4) is 0 Å². The Morgan fingerprint density at radius 3 is 2.36 bits per heavy atom. The van der Waals surface area contributed by atoms with E-state index in [1.165, 1.54) is 5.56 Å². The zero-order chi connectivity index (χ0) is 19.9. The fraction of sp³-hybridized carbons (Fsp3) is 0.458. The van der Waals surface area contributed by atoms with E-state index < -0.39 is 0 Å². The molecule has 1 N–H and O–H groups in total. The van der Waals surface area contributed by atoms with Gasteiger partial charge in [0.05, 0.1) is 6.04 Å². The third-order valence-electron chi connectivity index (χ3n) is 5.54. The number of carbonyl (C=O) groups excluding carboxylic acids is 1. The second-order valence-corrected chi connectivity index (χ2v) is 8.65. The van der Waals surface area contributed by atoms with Gasteiger partial charge in [-0.2, -0.15) is 0 Å². The molecule has 2 aromatic rings. The van der Waals surface area contributed by atoms with Crippen LogP contribution in [0.25, 0.3) is 0 Å². The van der Waals surface area contributed by atoms with E-state index in [9.17, 15) is 4.79 Å². The Hall–Kier alpha value is -1.84. The Balaban J connectivity index is 1.54. The summed E-state index contributed by atoms with van der Waals surface area (Å²) in [5.74, 6) is 0.829. The van der Waals surface area contributed by atoms with Gasteiger partial charge < -0.3 is 5.32 Å². The van der Waals surface area contributed by atoms with Crippen molar-refractivity contribution in [1.82, 2.24) is 10.2 Å². The first kappa shape index (κ1) is 20.9. The average molecular weight is 399 g/mol. The zero-order valence-corrected chi connectivity index (χ0v) is 17.7. The van der Waals surface area contributed by atoms with Crippen molar-refractivity contribution >= 4 is 17.5 Å². The molecule has 150 valence electrons. The summed E-state index contributed by atoms with van der Waals surface area (Å²) in [6.07, 6.45) is 2.76. The van der Waals surface area contributed by atoms with Gasteiger partial charge in [0, 0.05) is 17.5 Å². The standard InChI is InChI=1S/C24H31ClN2O/c1-18(2)16-23(19-8-4-3-5-9-19)26-24(28)20-12-14-27(15-13-20)17-21-10-6-7-11-22(21)25/h3-11,18,20,23H,12-17H2,1-2H3,(H,26,28)/t23-/m0/s1. The summed E-state index contributed by atoms with van der Waals surface area (Å²) >= 11 is 6.29. The number of rotatable bonds is 7. The van der Waals surface area contributed by atoms with E-state index in [0.29, 0.717) is 5.92 Å². The van der Waals surface area contributed by atoms with Crippen LogP contribution in [0.3, 0.4) is 0 Å². The van der Waals surface area contributed by atoms with Gasteiger partial charge in [-0.3, -0.25) is 9.69 Å². The van der Waals surface area contributed by atoms with Crippen LogP contribution in [0, 0.1) is 11.8 Å². The highest BCUT2D eigenvalue weighted by atomic mass is 35.5. The molecule has 1 aliphatic rings. The maximum Gasteiger partial charge on any atom is 0.223 e. The van der Waals surface area contributed by atoms with Gasteiger partial charge in [-0.1, -0.05) is 74.0 Å². The number of benzene rings is 2. The number of halogens is 1. The van der Waals surface area contributed by atoms with Gasteiger partial charge >= 0.3 is 0 Å². The van der Waals surface area contributed by atoms with Gasteiger partial charge in [-0.05, 0) is 55.5 Å². The van der Waals surface area contributed by atoms with Gasteiger partial charge in [0.1, 0.15) is 0 Å². The summed E-state index contributed by atoms with van der Waals surface area (Å²) in [6.45, 7) is 7.13. The first-order valence-corrected chi connectivity index (χ1v) is 10.7. The smallest absolute Gasteiger partial charge is 0.223 e. The highest BCUT2D eigenvalue weighted by Crippen LogP contribution is 2.25. The van der Waals surface area contributed by atoms with Crippen LogP contribution in [0.1, 0.15) is 50.3 Å². The summed E-state index contributed by atoms with van der Waals surface area (Å²) in [6, 6.07) is 18.4. The van der Waals surface area contributed by atoms with E-state index in [1.54, 1.807) is 0 Å². The predicted molar refractivity (Wildman–Crippen MR) is 116 cm³/mol. The minimum Gasteiger partial charge on any atom is -0.349 e. The zero-order valence-electron chi connectivity index (χ0n) is 16.9. The van der Waals surface area contributed by atoms with Crippen LogP contribution in [0.5, 0.6) is 0 Å². The SMILES string of the molecule is CC(C)C[C@H](NC(=O)C1CCN(Cc2ccccc2Cl)CC1)c1ccccc1. The second kappa shape index (κ2) is 10.1. The van der Waals surface area contributed by atoms with Crippen molar-refractivity contribution in [1.29, 1.82) is 0 Å². The van der Waals surface area contributed by atoms with E-state index >= 15 is 0 Å². The van der Waals surface area contributed by atoms with E-state index in [2.05, 4.69) is 42.3 Å². The summed E-state index contributed by atoms with van der Waals surface area (Å²) in [5, 5.41) is 4.15. The van der Waals surface area contributed by atoms with E-state index in [4.69, 9.17) is 11.6 Å². The van der Waals surface area contributed by atoms with E-state index in [0.717, 1.165) is 49.5 Å². The molecule has 0 spiro atoms. The van der Waals surface area contributed by atoms with Gasteiger partial charge in [-0.25, -0.2) is 0 Å². The van der Waals surface area contributed by atoms with Crippen molar-refractivity contribution in [2.75, 3.05) is 13.1 Å². The molecule has 1 aliphatic heterocycles. The molecular formula is C24H31ClN2O.